The summed E-state index contributed by atoms with van der Waals surface area (Å²) in [5.74, 6) is -0.0691. The van der Waals surface area contributed by atoms with Crippen LogP contribution in [0.25, 0.3) is 22.0 Å². The van der Waals surface area contributed by atoms with Gasteiger partial charge in [-0.3, -0.25) is 9.48 Å². The summed E-state index contributed by atoms with van der Waals surface area (Å²) >= 11 is 0. The molecule has 8 nitrogen and oxygen atoms in total. The highest BCUT2D eigenvalue weighted by atomic mass is 19.1. The fourth-order valence-corrected chi connectivity index (χ4v) is 5.05. The van der Waals surface area contributed by atoms with Gasteiger partial charge >= 0.3 is 0 Å². The number of nitrogens with zero attached hydrogens (tertiary/aromatic N) is 4. The Balaban J connectivity index is 1.61. The van der Waals surface area contributed by atoms with Gasteiger partial charge < -0.3 is 5.32 Å². The minimum atomic E-state index is -0.374. The number of nitrogens with one attached hydrogen (secondary N) is 2. The second-order valence-corrected chi connectivity index (χ2v) is 9.58. The number of rotatable bonds is 6. The van der Waals surface area contributed by atoms with Crippen molar-refractivity contribution in [3.63, 3.8) is 0 Å². The maximum absolute atomic E-state index is 15.0. The number of hydrogen-bond acceptors (Lipinski definition) is 4. The van der Waals surface area contributed by atoms with E-state index in [9.17, 15) is 9.70 Å². The van der Waals surface area contributed by atoms with Crippen molar-refractivity contribution in [2.24, 2.45) is 13.0 Å². The minimum Gasteiger partial charge on any atom is -0.310 e. The Morgan fingerprint density at radius 3 is 2.74 bits per heavy atom. The molecule has 2 aromatic heterocycles. The molecule has 3 aromatic rings. The number of pyridine rings is 1. The van der Waals surface area contributed by atoms with Crippen LogP contribution in [-0.2, 0) is 11.8 Å². The van der Waals surface area contributed by atoms with Crippen LogP contribution in [0.4, 0.5) is 10.2 Å². The third-order valence-electron chi connectivity index (χ3n) is 6.56. The molecule has 180 valence electrons. The number of carbonyl (C=O) groups excluding carboxylic acids is 1. The first-order valence-corrected chi connectivity index (χ1v) is 11.7. The van der Waals surface area contributed by atoms with Crippen LogP contribution in [0.2, 0.25) is 0 Å². The molecule has 2 heterocycles. The molecular weight excluding hydrogens is 435 g/mol. The van der Waals surface area contributed by atoms with Crippen molar-refractivity contribution in [1.29, 1.82) is 0 Å². The minimum absolute atomic E-state index is 0.0159. The number of halogens is 1. The predicted octanol–water partition coefficient (Wildman–Crippen LogP) is 4.62. The summed E-state index contributed by atoms with van der Waals surface area (Å²) in [6, 6.07) is 5.23. The molecule has 0 saturated heterocycles. The van der Waals surface area contributed by atoms with Crippen molar-refractivity contribution < 1.29 is 14.1 Å². The van der Waals surface area contributed by atoms with Gasteiger partial charge in [-0.25, -0.2) is 9.37 Å². The number of aromatic nitrogens is 3. The zero-order chi connectivity index (χ0) is 24.6. The maximum atomic E-state index is 15.0. The highest BCUT2D eigenvalue weighted by molar-refractivity contribution is 5.93. The number of hydrazine groups is 1. The van der Waals surface area contributed by atoms with Gasteiger partial charge in [0.1, 0.15) is 16.2 Å². The third kappa shape index (κ3) is 4.78. The fraction of sp³-hybridized carbons (Fsp3) is 0.480. The van der Waals surface area contributed by atoms with E-state index < -0.39 is 0 Å². The van der Waals surface area contributed by atoms with Crippen molar-refractivity contribution >= 4 is 22.6 Å². The van der Waals surface area contributed by atoms with Gasteiger partial charge in [0.05, 0.1) is 10.9 Å². The standard InChI is InChI=1S/C25H31FN6O2/c1-14(2)24-20-10-17(11-21(26)23(20)30-31(24)4)19-12-22(27-13-15(19)3)28-25(33)16-7-6-8-18(9-16)29-32(5)34/h10-14,16,18H,6-9H2,1-5H3,(H-,27,28,29,33,34)/p+1/t16-,18+/m0/s1. The van der Waals surface area contributed by atoms with E-state index in [0.717, 1.165) is 47.0 Å². The van der Waals surface area contributed by atoms with Crippen LogP contribution in [0.1, 0.15) is 56.7 Å². The Kier molecular flexibility index (Phi) is 6.63. The predicted molar refractivity (Wildman–Crippen MR) is 130 cm³/mol. The normalized spacial score (nSPS) is 18.3. The Hall–Kier alpha value is -3.36. The lowest BCUT2D eigenvalue weighted by Gasteiger charge is -2.26. The third-order valence-corrected chi connectivity index (χ3v) is 6.56. The Labute approximate surface area is 198 Å². The first-order chi connectivity index (χ1) is 16.1. The lowest BCUT2D eigenvalue weighted by atomic mass is 9.85. The molecule has 9 heteroatoms. The van der Waals surface area contributed by atoms with E-state index in [0.29, 0.717) is 22.6 Å². The molecule has 1 aromatic carbocycles. The fourth-order valence-electron chi connectivity index (χ4n) is 5.05. The van der Waals surface area contributed by atoms with Crippen molar-refractivity contribution in [1.82, 2.24) is 20.2 Å². The number of benzene rings is 1. The second kappa shape index (κ2) is 9.48. The van der Waals surface area contributed by atoms with Crippen molar-refractivity contribution in [3.8, 4) is 11.1 Å². The molecule has 1 saturated carbocycles. The van der Waals surface area contributed by atoms with Gasteiger partial charge in [0.25, 0.3) is 0 Å². The van der Waals surface area contributed by atoms with Gasteiger partial charge in [-0.05, 0) is 67.0 Å². The highest BCUT2D eigenvalue weighted by Crippen LogP contribution is 2.34. The van der Waals surface area contributed by atoms with Gasteiger partial charge in [0, 0.05) is 30.2 Å². The van der Waals surface area contributed by atoms with Crippen LogP contribution >= 0.6 is 0 Å². The monoisotopic (exact) mass is 467 g/mol. The van der Waals surface area contributed by atoms with Gasteiger partial charge in [0.2, 0.25) is 13.0 Å². The molecule has 0 unspecified atom stereocenters. The van der Waals surface area contributed by atoms with Crippen LogP contribution in [0.3, 0.4) is 0 Å². The van der Waals surface area contributed by atoms with E-state index in [4.69, 9.17) is 0 Å². The SMILES string of the molecule is Cc1cnc(NC(=O)[C@H]2CCC[C@@H](N[N+](C)=O)C2)cc1-c1cc(F)c2nn(C)c(C(C)C)c2c1. The molecule has 2 atom stereocenters. The molecule has 1 fully saturated rings. The van der Waals surface area contributed by atoms with Gasteiger partial charge in [0.15, 0.2) is 5.82 Å². The molecule has 0 spiro atoms. The smallest absolute Gasteiger partial charge is 0.228 e. The zero-order valence-electron chi connectivity index (χ0n) is 20.4. The first kappa shape index (κ1) is 23.8. The number of hydrogen-bond donors (Lipinski definition) is 2. The van der Waals surface area contributed by atoms with Crippen LogP contribution in [0.15, 0.2) is 24.4 Å². The van der Waals surface area contributed by atoms with Crippen LogP contribution in [-0.4, -0.2) is 38.6 Å². The maximum Gasteiger partial charge on any atom is 0.228 e. The van der Waals surface area contributed by atoms with Crippen LogP contribution < -0.4 is 10.7 Å². The summed E-state index contributed by atoms with van der Waals surface area (Å²) in [7, 11) is 3.25. The molecule has 1 aliphatic carbocycles. The molecule has 34 heavy (non-hydrogen) atoms. The van der Waals surface area contributed by atoms with E-state index in [1.807, 2.05) is 20.0 Å². The van der Waals surface area contributed by atoms with Crippen molar-refractivity contribution in [2.45, 2.75) is 58.4 Å². The topological polar surface area (TPSA) is 91.9 Å². The summed E-state index contributed by atoms with van der Waals surface area (Å²) in [5.41, 5.74) is 6.58. The van der Waals surface area contributed by atoms with Gasteiger partial charge in [-0.15, -0.1) is 0 Å². The van der Waals surface area contributed by atoms with Gasteiger partial charge in [-0.2, -0.15) is 10.5 Å². The van der Waals surface area contributed by atoms with Crippen LogP contribution in [0, 0.1) is 23.6 Å². The van der Waals surface area contributed by atoms with E-state index in [1.165, 1.54) is 13.1 Å². The summed E-state index contributed by atoms with van der Waals surface area (Å²) in [4.78, 5) is 29.3. The Morgan fingerprint density at radius 2 is 2.03 bits per heavy atom. The highest BCUT2D eigenvalue weighted by Gasteiger charge is 2.30. The Morgan fingerprint density at radius 1 is 1.26 bits per heavy atom. The first-order valence-electron chi connectivity index (χ1n) is 11.7. The zero-order valence-corrected chi connectivity index (χ0v) is 20.4. The number of anilines is 1. The average molecular weight is 468 g/mol. The average Bonchev–Trinajstić information content (AvgIpc) is 3.11. The van der Waals surface area contributed by atoms with Crippen molar-refractivity contribution in [3.05, 3.63) is 46.4 Å². The number of fused-ring (bicyclic) bond motifs is 1. The van der Waals surface area contributed by atoms with E-state index >= 15 is 4.39 Å². The largest absolute Gasteiger partial charge is 0.310 e. The summed E-state index contributed by atoms with van der Waals surface area (Å²) in [6.45, 7) is 6.04. The summed E-state index contributed by atoms with van der Waals surface area (Å²) in [6.07, 6.45) is 4.80. The number of nitroso groups, excluding NO2 is 1. The van der Waals surface area contributed by atoms with E-state index in [2.05, 4.69) is 34.7 Å². The molecule has 1 amide bonds. The lowest BCUT2D eigenvalue weighted by molar-refractivity contribution is -0.587. The molecule has 1 aliphatic rings. The molecule has 4 rings (SSSR count). The second-order valence-electron chi connectivity index (χ2n) is 9.58. The number of amides is 1. The van der Waals surface area contributed by atoms with E-state index in [-0.39, 0.29) is 29.6 Å². The van der Waals surface area contributed by atoms with Crippen LogP contribution in [0.5, 0.6) is 0 Å². The lowest BCUT2D eigenvalue weighted by Crippen LogP contribution is -2.41. The summed E-state index contributed by atoms with van der Waals surface area (Å²) in [5, 5.41) is 8.09. The Bertz CT molecular complexity index is 1250. The molecular formula is C25H32FN6O2+. The number of aryl methyl sites for hydroxylation is 2. The molecule has 0 radical (unpaired) electrons. The molecule has 0 aliphatic heterocycles. The van der Waals surface area contributed by atoms with Crippen molar-refractivity contribution in [2.75, 3.05) is 12.4 Å². The molecule has 2 N–H and O–H groups in total. The summed E-state index contributed by atoms with van der Waals surface area (Å²) < 4.78 is 16.7. The molecule has 0 bridgehead atoms. The van der Waals surface area contributed by atoms with Gasteiger partial charge in [-0.1, -0.05) is 20.3 Å². The quantitative estimate of drug-likeness (QED) is 0.408. The number of carbonyl (C=O) groups is 1. The van der Waals surface area contributed by atoms with E-state index in [1.54, 1.807) is 16.9 Å².